The third-order valence-electron chi connectivity index (χ3n) is 15.1. The zero-order valence-electron chi connectivity index (χ0n) is 53.5. The van der Waals surface area contributed by atoms with Crippen LogP contribution in [0.5, 0.6) is 0 Å². The first kappa shape index (κ1) is 77.3. The second-order valence-electron chi connectivity index (χ2n) is 23.0. The van der Waals surface area contributed by atoms with Crippen molar-refractivity contribution in [3.05, 3.63) is 97.2 Å². The largest absolute Gasteiger partial charge is 0.462 e. The molecule has 0 aromatic carbocycles. The number of hydrogen-bond donors (Lipinski definition) is 0. The zero-order chi connectivity index (χ0) is 58.5. The van der Waals surface area contributed by atoms with Crippen molar-refractivity contribution in [2.75, 3.05) is 13.2 Å². The summed E-state index contributed by atoms with van der Waals surface area (Å²) < 4.78 is 16.9. The molecule has 0 saturated heterocycles. The summed E-state index contributed by atoms with van der Waals surface area (Å²) in [6, 6.07) is 0. The van der Waals surface area contributed by atoms with E-state index in [0.717, 1.165) is 122 Å². The van der Waals surface area contributed by atoms with Crippen LogP contribution in [-0.2, 0) is 28.6 Å². The van der Waals surface area contributed by atoms with Crippen LogP contribution in [0, 0.1) is 0 Å². The maximum atomic E-state index is 12.9. The molecule has 6 heteroatoms. The highest BCUT2D eigenvalue weighted by molar-refractivity contribution is 5.71. The molecule has 81 heavy (non-hydrogen) atoms. The Morgan fingerprint density at radius 1 is 0.259 bits per heavy atom. The number of hydrogen-bond acceptors (Lipinski definition) is 6. The fourth-order valence-electron chi connectivity index (χ4n) is 9.92. The molecule has 0 spiro atoms. The van der Waals surface area contributed by atoms with E-state index in [0.29, 0.717) is 19.3 Å². The minimum Gasteiger partial charge on any atom is -0.462 e. The fraction of sp³-hybridized carbons (Fsp3) is 0.747. The van der Waals surface area contributed by atoms with Crippen molar-refractivity contribution >= 4 is 17.9 Å². The first-order valence-corrected chi connectivity index (χ1v) is 34.7. The molecule has 0 aliphatic rings. The maximum absolute atomic E-state index is 12.9. The summed E-state index contributed by atoms with van der Waals surface area (Å²) in [4.78, 5) is 38.4. The Labute approximate surface area is 502 Å². The van der Waals surface area contributed by atoms with Gasteiger partial charge in [-0.05, 0) is 116 Å². The summed E-state index contributed by atoms with van der Waals surface area (Å²) in [7, 11) is 0. The lowest BCUT2D eigenvalue weighted by Crippen LogP contribution is -2.30. The molecule has 1 atom stereocenters. The summed E-state index contributed by atoms with van der Waals surface area (Å²) in [6.45, 7) is 6.43. The Kier molecular flexibility index (Phi) is 65.7. The third kappa shape index (κ3) is 67.0. The van der Waals surface area contributed by atoms with Crippen LogP contribution in [0.1, 0.15) is 342 Å². The number of allylic oxidation sites excluding steroid dienone is 16. The number of rotatable bonds is 63. The molecule has 0 heterocycles. The highest BCUT2D eigenvalue weighted by atomic mass is 16.6. The number of ether oxygens (including phenoxy) is 3. The third-order valence-corrected chi connectivity index (χ3v) is 15.1. The topological polar surface area (TPSA) is 78.9 Å². The zero-order valence-corrected chi connectivity index (χ0v) is 53.5. The molecule has 466 valence electrons. The van der Waals surface area contributed by atoms with Gasteiger partial charge in [0.15, 0.2) is 6.10 Å². The maximum Gasteiger partial charge on any atom is 0.306 e. The number of unbranched alkanes of at least 4 members (excludes halogenated alkanes) is 36. The van der Waals surface area contributed by atoms with Crippen LogP contribution in [0.4, 0.5) is 0 Å². The van der Waals surface area contributed by atoms with Gasteiger partial charge in [0.1, 0.15) is 13.2 Å². The van der Waals surface area contributed by atoms with E-state index in [-0.39, 0.29) is 31.1 Å². The SMILES string of the molecule is CC/C=C\C/C=C\C/C=C\C/C=C\CCCCCCC(=O)OC(COC(=O)CCCCCCCCC/C=C\C/C=C\C/C=C\CC)COC(=O)CCCCCCCCCCCCCCCCCCC/C=C\CCCCCCCCCC. The van der Waals surface area contributed by atoms with E-state index in [2.05, 4.69) is 118 Å². The molecule has 0 aliphatic heterocycles. The predicted octanol–water partition coefficient (Wildman–Crippen LogP) is 24.0. The van der Waals surface area contributed by atoms with E-state index in [1.807, 2.05) is 0 Å². The van der Waals surface area contributed by atoms with Crippen molar-refractivity contribution in [2.45, 2.75) is 348 Å². The Hall–Kier alpha value is -3.67. The highest BCUT2D eigenvalue weighted by Crippen LogP contribution is 2.17. The van der Waals surface area contributed by atoms with Gasteiger partial charge in [0.25, 0.3) is 0 Å². The van der Waals surface area contributed by atoms with Crippen LogP contribution >= 0.6 is 0 Å². The van der Waals surface area contributed by atoms with Crippen molar-refractivity contribution < 1.29 is 28.6 Å². The first-order valence-electron chi connectivity index (χ1n) is 34.7. The molecule has 0 saturated carbocycles. The van der Waals surface area contributed by atoms with E-state index in [1.54, 1.807) is 0 Å². The lowest BCUT2D eigenvalue weighted by molar-refractivity contribution is -0.167. The molecule has 0 aromatic heterocycles. The van der Waals surface area contributed by atoms with Gasteiger partial charge in [-0.2, -0.15) is 0 Å². The molecule has 0 aromatic rings. The molecule has 6 nitrogen and oxygen atoms in total. The van der Waals surface area contributed by atoms with E-state index in [4.69, 9.17) is 14.2 Å². The van der Waals surface area contributed by atoms with Gasteiger partial charge in [0, 0.05) is 19.3 Å². The van der Waals surface area contributed by atoms with Crippen molar-refractivity contribution in [3.8, 4) is 0 Å². The van der Waals surface area contributed by atoms with Gasteiger partial charge in [-0.3, -0.25) is 14.4 Å². The van der Waals surface area contributed by atoms with Gasteiger partial charge in [0.2, 0.25) is 0 Å². The molecule has 0 amide bonds. The van der Waals surface area contributed by atoms with Crippen LogP contribution in [0.3, 0.4) is 0 Å². The van der Waals surface area contributed by atoms with Crippen LogP contribution in [0.15, 0.2) is 97.2 Å². The second-order valence-corrected chi connectivity index (χ2v) is 23.0. The Bertz CT molecular complexity index is 1580. The van der Waals surface area contributed by atoms with Crippen LogP contribution < -0.4 is 0 Å². The fourth-order valence-corrected chi connectivity index (χ4v) is 9.92. The highest BCUT2D eigenvalue weighted by Gasteiger charge is 2.19. The van der Waals surface area contributed by atoms with Gasteiger partial charge in [0.05, 0.1) is 0 Å². The lowest BCUT2D eigenvalue weighted by atomic mass is 10.0. The van der Waals surface area contributed by atoms with Crippen molar-refractivity contribution in [3.63, 3.8) is 0 Å². The Balaban J connectivity index is 4.28. The molecule has 0 radical (unpaired) electrons. The minimum absolute atomic E-state index is 0.0890. The summed E-state index contributed by atoms with van der Waals surface area (Å²) >= 11 is 0. The minimum atomic E-state index is -0.797. The standard InChI is InChI=1S/C75H130O6/c1-4-7-10-13-16-19-22-25-28-31-32-33-34-35-36-37-38-39-40-41-42-45-47-50-53-56-59-62-65-68-74(77)80-71-72(81-75(78)69-66-63-60-57-54-51-48-44-30-27-24-21-18-15-12-9-6-3)70-79-73(76)67-64-61-58-55-52-49-46-43-29-26-23-20-17-14-11-8-5-2/h8-9,11-12,17-18,20-21,26-27,29-32,48,51,72H,4-7,10,13-16,19,22-25,28,33-47,49-50,52-71H2,1-3H3/b11-8-,12-9-,20-17-,21-18-,29-26-,30-27-,32-31-,51-48-. The molecule has 0 fully saturated rings. The van der Waals surface area contributed by atoms with E-state index < -0.39 is 6.10 Å². The smallest absolute Gasteiger partial charge is 0.306 e. The number of esters is 3. The van der Waals surface area contributed by atoms with Gasteiger partial charge in [-0.25, -0.2) is 0 Å². The van der Waals surface area contributed by atoms with E-state index >= 15 is 0 Å². The second kappa shape index (κ2) is 68.8. The molecular formula is C75H130O6. The van der Waals surface area contributed by atoms with E-state index in [1.165, 1.54) is 180 Å². The van der Waals surface area contributed by atoms with Crippen molar-refractivity contribution in [1.29, 1.82) is 0 Å². The molecule has 0 aliphatic carbocycles. The van der Waals surface area contributed by atoms with Crippen LogP contribution in [0.25, 0.3) is 0 Å². The molecule has 0 N–H and O–H groups in total. The number of carbonyl (C=O) groups excluding carboxylic acids is 3. The van der Waals surface area contributed by atoms with Gasteiger partial charge >= 0.3 is 17.9 Å². The van der Waals surface area contributed by atoms with Crippen molar-refractivity contribution in [2.24, 2.45) is 0 Å². The molecular weight excluding hydrogens is 997 g/mol. The summed E-state index contributed by atoms with van der Waals surface area (Å²) in [5, 5.41) is 0. The summed E-state index contributed by atoms with van der Waals surface area (Å²) in [5.74, 6) is -0.910. The van der Waals surface area contributed by atoms with Gasteiger partial charge in [-0.15, -0.1) is 0 Å². The number of carbonyl (C=O) groups is 3. The molecule has 1 unspecified atom stereocenters. The molecule has 0 bridgehead atoms. The van der Waals surface area contributed by atoms with Crippen LogP contribution in [-0.4, -0.2) is 37.2 Å². The lowest BCUT2D eigenvalue weighted by Gasteiger charge is -2.18. The monoisotopic (exact) mass is 1130 g/mol. The van der Waals surface area contributed by atoms with Gasteiger partial charge < -0.3 is 14.2 Å². The average molecular weight is 1130 g/mol. The first-order chi connectivity index (χ1) is 40.0. The normalized spacial score (nSPS) is 12.7. The van der Waals surface area contributed by atoms with E-state index in [9.17, 15) is 14.4 Å². The van der Waals surface area contributed by atoms with Gasteiger partial charge in [-0.1, -0.05) is 304 Å². The van der Waals surface area contributed by atoms with Crippen LogP contribution in [0.2, 0.25) is 0 Å². The Morgan fingerprint density at radius 2 is 0.481 bits per heavy atom. The summed E-state index contributed by atoms with van der Waals surface area (Å²) in [6.07, 6.45) is 93.0. The summed E-state index contributed by atoms with van der Waals surface area (Å²) in [5.41, 5.74) is 0. The predicted molar refractivity (Wildman–Crippen MR) is 353 cm³/mol. The van der Waals surface area contributed by atoms with Crippen molar-refractivity contribution in [1.82, 2.24) is 0 Å². The quantitative estimate of drug-likeness (QED) is 0.0261. The molecule has 0 rings (SSSR count). The average Bonchev–Trinajstić information content (AvgIpc) is 3.47. The Morgan fingerprint density at radius 3 is 0.765 bits per heavy atom.